The van der Waals surface area contributed by atoms with Gasteiger partial charge in [-0.05, 0) is 31.6 Å². The zero-order valence-corrected chi connectivity index (χ0v) is 7.44. The molecule has 0 fully saturated rings. The fourth-order valence-electron chi connectivity index (χ4n) is 0.748. The lowest BCUT2D eigenvalue weighted by atomic mass is 10.2. The minimum Gasteiger partial charge on any atom is -0.402 e. The van der Waals surface area contributed by atoms with E-state index in [9.17, 15) is 0 Å². The van der Waals surface area contributed by atoms with Gasteiger partial charge in [-0.2, -0.15) is 0 Å². The van der Waals surface area contributed by atoms with Crippen molar-refractivity contribution in [1.29, 1.82) is 0 Å². The average Bonchev–Trinajstić information content (AvgIpc) is 1.85. The third kappa shape index (κ3) is 5.27. The highest BCUT2D eigenvalue weighted by molar-refractivity contribution is 5.27. The normalized spacial score (nSPS) is 13.0. The van der Waals surface area contributed by atoms with Crippen LogP contribution < -0.4 is 11.1 Å². The molecule has 0 saturated heterocycles. The molecule has 0 aromatic carbocycles. The molecule has 11 heavy (non-hydrogen) atoms. The summed E-state index contributed by atoms with van der Waals surface area (Å²) in [6, 6.07) is 0. The lowest BCUT2D eigenvalue weighted by Gasteiger charge is -1.98. The number of hydrogen-bond acceptors (Lipinski definition) is 2. The molecule has 0 unspecified atom stereocenters. The number of likely N-dealkylation sites (N-methyl/N-ethyl adjacent to an activating group) is 1. The number of nitrogens with one attached hydrogen (secondary N) is 1. The topological polar surface area (TPSA) is 38.0 Å². The summed E-state index contributed by atoms with van der Waals surface area (Å²) in [6.07, 6.45) is 3.85. The summed E-state index contributed by atoms with van der Waals surface area (Å²) in [5, 5.41) is 2.93. The SMILES string of the molecule is C=C(/C=C(C)\C=C(\C)N)NC. The van der Waals surface area contributed by atoms with Crippen molar-refractivity contribution in [2.24, 2.45) is 5.73 Å². The lowest BCUT2D eigenvalue weighted by molar-refractivity contribution is 1.04. The molecule has 3 N–H and O–H groups in total. The van der Waals surface area contributed by atoms with Crippen LogP contribution in [0, 0.1) is 0 Å². The number of rotatable bonds is 3. The fourth-order valence-corrected chi connectivity index (χ4v) is 0.748. The smallest absolute Gasteiger partial charge is 0.0267 e. The standard InChI is InChI=1S/C9H16N2/c1-7(5-8(2)10)6-9(3)11-4/h5-6,11H,3,10H2,1-2,4H3/b7-6-,8-5-. The second-order valence-corrected chi connectivity index (χ2v) is 2.55. The van der Waals surface area contributed by atoms with Crippen molar-refractivity contribution in [3.8, 4) is 0 Å². The first-order valence-electron chi connectivity index (χ1n) is 3.55. The molecule has 0 aromatic rings. The van der Waals surface area contributed by atoms with E-state index < -0.39 is 0 Å². The van der Waals surface area contributed by atoms with Crippen molar-refractivity contribution in [3.63, 3.8) is 0 Å². The Morgan fingerprint density at radius 2 is 1.91 bits per heavy atom. The molecule has 2 heteroatoms. The molecule has 0 heterocycles. The fraction of sp³-hybridized carbons (Fsp3) is 0.333. The molecule has 62 valence electrons. The largest absolute Gasteiger partial charge is 0.402 e. The number of allylic oxidation sites excluding steroid dienone is 4. The van der Waals surface area contributed by atoms with Crippen molar-refractivity contribution in [2.45, 2.75) is 13.8 Å². The van der Waals surface area contributed by atoms with Gasteiger partial charge in [0.05, 0.1) is 0 Å². The first kappa shape index (κ1) is 9.82. The van der Waals surface area contributed by atoms with Gasteiger partial charge in [-0.3, -0.25) is 0 Å². The Hall–Kier alpha value is -1.18. The number of hydrogen-bond donors (Lipinski definition) is 2. The van der Waals surface area contributed by atoms with Crippen LogP contribution in [0.5, 0.6) is 0 Å². The van der Waals surface area contributed by atoms with Crippen LogP contribution in [0.3, 0.4) is 0 Å². The lowest BCUT2D eigenvalue weighted by Crippen LogP contribution is -2.01. The van der Waals surface area contributed by atoms with E-state index >= 15 is 0 Å². The van der Waals surface area contributed by atoms with Gasteiger partial charge in [0.2, 0.25) is 0 Å². The van der Waals surface area contributed by atoms with Gasteiger partial charge in [0.25, 0.3) is 0 Å². The molecule has 0 radical (unpaired) electrons. The van der Waals surface area contributed by atoms with Crippen molar-refractivity contribution in [1.82, 2.24) is 5.32 Å². The monoisotopic (exact) mass is 152 g/mol. The van der Waals surface area contributed by atoms with E-state index in [-0.39, 0.29) is 0 Å². The Balaban J connectivity index is 4.23. The summed E-state index contributed by atoms with van der Waals surface area (Å²) >= 11 is 0. The molecular weight excluding hydrogens is 136 g/mol. The van der Waals surface area contributed by atoms with Gasteiger partial charge in [0, 0.05) is 18.4 Å². The molecule has 0 bridgehead atoms. The molecule has 0 aliphatic heterocycles. The summed E-state index contributed by atoms with van der Waals surface area (Å²) in [6.45, 7) is 7.61. The maximum atomic E-state index is 5.48. The highest BCUT2D eigenvalue weighted by Crippen LogP contribution is 2.00. The molecule has 0 aliphatic carbocycles. The molecule has 0 atom stereocenters. The third-order valence-corrected chi connectivity index (χ3v) is 1.18. The van der Waals surface area contributed by atoms with Gasteiger partial charge in [0.15, 0.2) is 0 Å². The van der Waals surface area contributed by atoms with Crippen LogP contribution in [0.1, 0.15) is 13.8 Å². The van der Waals surface area contributed by atoms with E-state index in [0.717, 1.165) is 17.0 Å². The maximum absolute atomic E-state index is 5.48. The van der Waals surface area contributed by atoms with E-state index in [1.54, 1.807) is 0 Å². The molecule has 0 saturated carbocycles. The third-order valence-electron chi connectivity index (χ3n) is 1.18. The summed E-state index contributed by atoms with van der Waals surface area (Å²) in [5.74, 6) is 0. The van der Waals surface area contributed by atoms with Gasteiger partial charge < -0.3 is 11.1 Å². The van der Waals surface area contributed by atoms with Crippen molar-refractivity contribution in [3.05, 3.63) is 35.7 Å². The maximum Gasteiger partial charge on any atom is 0.0267 e. The van der Waals surface area contributed by atoms with E-state index in [0.29, 0.717) is 0 Å². The van der Waals surface area contributed by atoms with Crippen LogP contribution in [0.15, 0.2) is 35.7 Å². The molecular formula is C9H16N2. The van der Waals surface area contributed by atoms with Gasteiger partial charge in [-0.25, -0.2) is 0 Å². The molecule has 0 rings (SSSR count). The van der Waals surface area contributed by atoms with Gasteiger partial charge in [-0.1, -0.05) is 6.58 Å². The molecule has 0 aromatic heterocycles. The molecule has 0 spiro atoms. The Labute approximate surface area is 68.5 Å². The zero-order valence-electron chi connectivity index (χ0n) is 7.44. The van der Waals surface area contributed by atoms with Gasteiger partial charge in [0.1, 0.15) is 0 Å². The first-order chi connectivity index (χ1) is 5.06. The van der Waals surface area contributed by atoms with E-state index in [2.05, 4.69) is 11.9 Å². The predicted molar refractivity (Wildman–Crippen MR) is 49.9 cm³/mol. The highest BCUT2D eigenvalue weighted by Gasteiger charge is 1.85. The first-order valence-corrected chi connectivity index (χ1v) is 3.55. The second-order valence-electron chi connectivity index (χ2n) is 2.55. The molecule has 2 nitrogen and oxygen atoms in total. The Morgan fingerprint density at radius 1 is 1.36 bits per heavy atom. The predicted octanol–water partition coefficient (Wildman–Crippen LogP) is 1.53. The van der Waals surface area contributed by atoms with Crippen LogP contribution >= 0.6 is 0 Å². The van der Waals surface area contributed by atoms with Crippen LogP contribution in [0.4, 0.5) is 0 Å². The number of nitrogens with two attached hydrogens (primary N) is 1. The van der Waals surface area contributed by atoms with Crippen LogP contribution in [0.2, 0.25) is 0 Å². The summed E-state index contributed by atoms with van der Waals surface area (Å²) < 4.78 is 0. The highest BCUT2D eigenvalue weighted by atomic mass is 14.8. The molecule has 0 amide bonds. The zero-order chi connectivity index (χ0) is 8.85. The Kier molecular flexibility index (Phi) is 4.11. The van der Waals surface area contributed by atoms with Gasteiger partial charge >= 0.3 is 0 Å². The summed E-state index contributed by atoms with van der Waals surface area (Å²) in [5.41, 5.74) is 8.28. The van der Waals surface area contributed by atoms with Crippen molar-refractivity contribution in [2.75, 3.05) is 7.05 Å². The van der Waals surface area contributed by atoms with E-state index in [4.69, 9.17) is 5.73 Å². The van der Waals surface area contributed by atoms with Crippen molar-refractivity contribution >= 4 is 0 Å². The summed E-state index contributed by atoms with van der Waals surface area (Å²) in [7, 11) is 1.84. The quantitative estimate of drug-likeness (QED) is 0.602. The average molecular weight is 152 g/mol. The van der Waals surface area contributed by atoms with Crippen molar-refractivity contribution < 1.29 is 0 Å². The Morgan fingerprint density at radius 3 is 2.27 bits per heavy atom. The summed E-state index contributed by atoms with van der Waals surface area (Å²) in [4.78, 5) is 0. The minimum atomic E-state index is 0.808. The van der Waals surface area contributed by atoms with E-state index in [1.165, 1.54) is 0 Å². The minimum absolute atomic E-state index is 0.808. The van der Waals surface area contributed by atoms with E-state index in [1.807, 2.05) is 33.0 Å². The van der Waals surface area contributed by atoms with Crippen LogP contribution in [-0.2, 0) is 0 Å². The molecule has 0 aliphatic rings. The van der Waals surface area contributed by atoms with Crippen LogP contribution in [0.25, 0.3) is 0 Å². The Bertz CT molecular complexity index is 196. The van der Waals surface area contributed by atoms with Crippen LogP contribution in [-0.4, -0.2) is 7.05 Å². The second kappa shape index (κ2) is 4.61. The van der Waals surface area contributed by atoms with Gasteiger partial charge in [-0.15, -0.1) is 0 Å².